The number of nitro benzene ring substituents is 1. The summed E-state index contributed by atoms with van der Waals surface area (Å²) >= 11 is 0. The molecule has 0 aliphatic carbocycles. The van der Waals surface area contributed by atoms with Crippen molar-refractivity contribution >= 4 is 11.5 Å². The molecule has 0 spiro atoms. The van der Waals surface area contributed by atoms with Crippen molar-refractivity contribution in [2.24, 2.45) is 0 Å². The van der Waals surface area contributed by atoms with Crippen LogP contribution in [0.15, 0.2) is 30.6 Å². The molecule has 2 rings (SSSR count). The number of carbonyl (C=O) groups is 1. The summed E-state index contributed by atoms with van der Waals surface area (Å²) in [6, 6.07) is 5.61. The lowest BCUT2D eigenvalue weighted by Crippen LogP contribution is -2.15. The van der Waals surface area contributed by atoms with Crippen molar-refractivity contribution < 1.29 is 9.72 Å². The average Bonchev–Trinajstić information content (AvgIpc) is 2.95. The summed E-state index contributed by atoms with van der Waals surface area (Å²) in [7, 11) is 0. The fraction of sp³-hybridized carbons (Fsp3) is 0.308. The number of nitrogens with zero attached hydrogens (tertiary/aromatic N) is 4. The van der Waals surface area contributed by atoms with Gasteiger partial charge in [-0.1, -0.05) is 6.92 Å². The van der Waals surface area contributed by atoms with Crippen molar-refractivity contribution in [1.82, 2.24) is 14.8 Å². The molecule has 7 heteroatoms. The molecule has 0 aliphatic rings. The van der Waals surface area contributed by atoms with E-state index in [1.165, 1.54) is 23.1 Å². The molecular weight excluding hydrogens is 260 g/mol. The largest absolute Gasteiger partial charge is 0.297 e. The molecule has 0 radical (unpaired) electrons. The van der Waals surface area contributed by atoms with Gasteiger partial charge in [0, 0.05) is 24.1 Å². The second-order valence-corrected chi connectivity index (χ2v) is 4.35. The van der Waals surface area contributed by atoms with Crippen LogP contribution in [0.2, 0.25) is 0 Å². The van der Waals surface area contributed by atoms with Gasteiger partial charge in [0.15, 0.2) is 11.6 Å². The molecule has 0 saturated carbocycles. The van der Waals surface area contributed by atoms with E-state index < -0.39 is 4.92 Å². The van der Waals surface area contributed by atoms with Crippen LogP contribution in [0, 0.1) is 10.1 Å². The first-order valence-electron chi connectivity index (χ1n) is 6.21. The Morgan fingerprint density at radius 2 is 2.05 bits per heavy atom. The SMILES string of the molecule is CCC(=O)C(C)n1cnc(-c2ccc([N+](=O)[O-])cc2)n1. The molecule has 1 aromatic carbocycles. The van der Waals surface area contributed by atoms with E-state index >= 15 is 0 Å². The Morgan fingerprint density at radius 3 is 2.60 bits per heavy atom. The summed E-state index contributed by atoms with van der Waals surface area (Å²) in [5.74, 6) is 0.515. The number of hydrogen-bond acceptors (Lipinski definition) is 5. The quantitative estimate of drug-likeness (QED) is 0.616. The van der Waals surface area contributed by atoms with Crippen molar-refractivity contribution in [2.75, 3.05) is 0 Å². The predicted octanol–water partition coefficient (Wildman–Crippen LogP) is 2.39. The molecule has 0 N–H and O–H groups in total. The minimum absolute atomic E-state index is 0.0164. The summed E-state index contributed by atoms with van der Waals surface area (Å²) in [4.78, 5) is 25.9. The summed E-state index contributed by atoms with van der Waals surface area (Å²) in [6.07, 6.45) is 1.93. The van der Waals surface area contributed by atoms with Gasteiger partial charge in [0.1, 0.15) is 12.4 Å². The van der Waals surface area contributed by atoms with E-state index in [-0.39, 0.29) is 17.5 Å². The summed E-state index contributed by atoms with van der Waals surface area (Å²) in [5.41, 5.74) is 0.688. The fourth-order valence-electron chi connectivity index (χ4n) is 1.77. The highest BCUT2D eigenvalue weighted by atomic mass is 16.6. The zero-order valence-corrected chi connectivity index (χ0v) is 11.2. The van der Waals surface area contributed by atoms with E-state index in [4.69, 9.17) is 0 Å². The van der Waals surface area contributed by atoms with E-state index in [9.17, 15) is 14.9 Å². The van der Waals surface area contributed by atoms with Crippen LogP contribution >= 0.6 is 0 Å². The van der Waals surface area contributed by atoms with Gasteiger partial charge in [0.2, 0.25) is 0 Å². The van der Waals surface area contributed by atoms with Gasteiger partial charge in [-0.15, -0.1) is 0 Å². The lowest BCUT2D eigenvalue weighted by molar-refractivity contribution is -0.384. The Bertz CT molecular complexity index is 633. The number of hydrogen-bond donors (Lipinski definition) is 0. The highest BCUT2D eigenvalue weighted by Gasteiger charge is 2.15. The maximum absolute atomic E-state index is 11.6. The first kappa shape index (κ1) is 13.9. The first-order valence-corrected chi connectivity index (χ1v) is 6.21. The average molecular weight is 274 g/mol. The normalized spacial score (nSPS) is 12.1. The highest BCUT2D eigenvalue weighted by molar-refractivity contribution is 5.81. The Kier molecular flexibility index (Phi) is 3.88. The van der Waals surface area contributed by atoms with Crippen LogP contribution < -0.4 is 0 Å². The molecule has 1 atom stereocenters. The lowest BCUT2D eigenvalue weighted by Gasteiger charge is -2.07. The standard InChI is InChI=1S/C13H14N4O3/c1-3-12(18)9(2)16-8-14-13(15-16)10-4-6-11(7-5-10)17(19)20/h4-9H,3H2,1-2H3. The van der Waals surface area contributed by atoms with E-state index in [1.54, 1.807) is 26.0 Å². The maximum Gasteiger partial charge on any atom is 0.269 e. The molecule has 104 valence electrons. The van der Waals surface area contributed by atoms with Crippen LogP contribution in [-0.4, -0.2) is 25.5 Å². The van der Waals surface area contributed by atoms with Crippen molar-refractivity contribution in [3.63, 3.8) is 0 Å². The van der Waals surface area contributed by atoms with E-state index in [0.717, 1.165) is 0 Å². The Morgan fingerprint density at radius 1 is 1.40 bits per heavy atom. The fourth-order valence-corrected chi connectivity index (χ4v) is 1.77. The highest BCUT2D eigenvalue weighted by Crippen LogP contribution is 2.20. The molecule has 0 bridgehead atoms. The van der Waals surface area contributed by atoms with Crippen molar-refractivity contribution in [2.45, 2.75) is 26.3 Å². The second kappa shape index (κ2) is 5.60. The predicted molar refractivity (Wildman–Crippen MR) is 72.1 cm³/mol. The summed E-state index contributed by atoms with van der Waals surface area (Å²) in [6.45, 7) is 3.56. The third-order valence-electron chi connectivity index (χ3n) is 3.06. The molecule has 7 nitrogen and oxygen atoms in total. The van der Waals surface area contributed by atoms with Crippen LogP contribution in [0.3, 0.4) is 0 Å². The van der Waals surface area contributed by atoms with Gasteiger partial charge in [0.25, 0.3) is 5.69 Å². The van der Waals surface area contributed by atoms with Crippen molar-refractivity contribution in [3.05, 3.63) is 40.7 Å². The number of nitro groups is 1. The maximum atomic E-state index is 11.6. The van der Waals surface area contributed by atoms with Crippen LogP contribution in [0.1, 0.15) is 26.3 Å². The molecular formula is C13H14N4O3. The van der Waals surface area contributed by atoms with Gasteiger partial charge in [-0.05, 0) is 19.1 Å². The summed E-state index contributed by atoms with van der Waals surface area (Å²) in [5, 5.41) is 14.8. The van der Waals surface area contributed by atoms with E-state index in [0.29, 0.717) is 17.8 Å². The monoisotopic (exact) mass is 274 g/mol. The number of Topliss-reactive ketones (excluding diaryl/α,β-unsaturated/α-hetero) is 1. The van der Waals surface area contributed by atoms with Gasteiger partial charge >= 0.3 is 0 Å². The van der Waals surface area contributed by atoms with E-state index in [1.807, 2.05) is 0 Å². The molecule has 0 fully saturated rings. The van der Waals surface area contributed by atoms with Crippen molar-refractivity contribution in [3.8, 4) is 11.4 Å². The Balaban J connectivity index is 2.24. The summed E-state index contributed by atoms with van der Waals surface area (Å²) < 4.78 is 1.50. The lowest BCUT2D eigenvalue weighted by atomic mass is 10.2. The molecule has 0 saturated heterocycles. The van der Waals surface area contributed by atoms with Gasteiger partial charge in [0.05, 0.1) is 4.92 Å². The number of benzene rings is 1. The number of aromatic nitrogens is 3. The van der Waals surface area contributed by atoms with Gasteiger partial charge in [-0.2, -0.15) is 5.10 Å². The minimum Gasteiger partial charge on any atom is -0.297 e. The number of carbonyl (C=O) groups excluding carboxylic acids is 1. The zero-order chi connectivity index (χ0) is 14.7. The second-order valence-electron chi connectivity index (χ2n) is 4.35. The Hall–Kier alpha value is -2.57. The van der Waals surface area contributed by atoms with Gasteiger partial charge in [-0.3, -0.25) is 14.9 Å². The number of rotatable bonds is 5. The molecule has 2 aromatic rings. The third-order valence-corrected chi connectivity index (χ3v) is 3.06. The van der Waals surface area contributed by atoms with Gasteiger partial charge in [-0.25, -0.2) is 9.67 Å². The molecule has 1 aromatic heterocycles. The zero-order valence-electron chi connectivity index (χ0n) is 11.2. The van der Waals surface area contributed by atoms with Crippen molar-refractivity contribution in [1.29, 1.82) is 0 Å². The van der Waals surface area contributed by atoms with Gasteiger partial charge < -0.3 is 0 Å². The van der Waals surface area contributed by atoms with Crippen LogP contribution in [0.5, 0.6) is 0 Å². The molecule has 1 unspecified atom stereocenters. The van der Waals surface area contributed by atoms with Crippen LogP contribution in [0.4, 0.5) is 5.69 Å². The molecule has 20 heavy (non-hydrogen) atoms. The van der Waals surface area contributed by atoms with E-state index in [2.05, 4.69) is 10.1 Å². The number of non-ortho nitro benzene ring substituents is 1. The van der Waals surface area contributed by atoms with Crippen LogP contribution in [-0.2, 0) is 4.79 Å². The first-order chi connectivity index (χ1) is 9.52. The Labute approximate surface area is 115 Å². The molecule has 0 amide bonds. The third kappa shape index (κ3) is 2.71. The molecule has 1 heterocycles. The minimum atomic E-state index is -0.461. The molecule has 0 aliphatic heterocycles. The van der Waals surface area contributed by atoms with Crippen LogP contribution in [0.25, 0.3) is 11.4 Å². The number of ketones is 1. The smallest absolute Gasteiger partial charge is 0.269 e. The topological polar surface area (TPSA) is 90.9 Å².